The van der Waals surface area contributed by atoms with E-state index in [9.17, 15) is 4.80 Å². The Morgan fingerprint density at radius 2 is 0.700 bits per heavy atom. The van der Waals surface area contributed by atoms with Gasteiger partial charge in [0.15, 0.2) is 8.32 Å². The summed E-state index contributed by atoms with van der Waals surface area (Å²) in [6.07, 6.45) is 20.9. The van der Waals surface area contributed by atoms with Gasteiger partial charge in [-0.3, -0.25) is 0 Å². The molecule has 3 saturated carbocycles. The van der Waals surface area contributed by atoms with Gasteiger partial charge in [-0.15, -0.1) is 0 Å². The lowest BCUT2D eigenvalue weighted by molar-refractivity contribution is 0.337. The highest BCUT2D eigenvalue weighted by molar-refractivity contribution is 6.77. The van der Waals surface area contributed by atoms with Gasteiger partial charge in [0, 0.05) is 0 Å². The molecule has 1 nitrogen and oxygen atoms in total. The lowest BCUT2D eigenvalue weighted by atomic mass is 9.98. The van der Waals surface area contributed by atoms with Crippen molar-refractivity contribution in [1.82, 2.24) is 0 Å². The molecule has 0 saturated heterocycles. The van der Waals surface area contributed by atoms with Crippen molar-refractivity contribution < 1.29 is 4.80 Å². The van der Waals surface area contributed by atoms with E-state index in [1.165, 1.54) is 96.3 Å². The molecule has 0 atom stereocenters. The first-order valence-electron chi connectivity index (χ1n) is 9.54. The van der Waals surface area contributed by atoms with Crippen LogP contribution in [0, 0.1) is 0 Å². The second kappa shape index (κ2) is 6.96. The van der Waals surface area contributed by atoms with Crippen molar-refractivity contribution in [3.63, 3.8) is 0 Å². The van der Waals surface area contributed by atoms with Gasteiger partial charge in [0.2, 0.25) is 0 Å². The Hall–Kier alpha value is 0.177. The van der Waals surface area contributed by atoms with Gasteiger partial charge in [-0.1, -0.05) is 96.3 Å². The summed E-state index contributed by atoms with van der Waals surface area (Å²) in [5, 5.41) is 0. The van der Waals surface area contributed by atoms with Crippen molar-refractivity contribution in [3.8, 4) is 0 Å². The van der Waals surface area contributed by atoms with Gasteiger partial charge in [-0.25, -0.2) is 0 Å². The highest BCUT2D eigenvalue weighted by Crippen LogP contribution is 2.55. The van der Waals surface area contributed by atoms with E-state index in [4.69, 9.17) is 0 Å². The molecule has 3 aliphatic rings. The van der Waals surface area contributed by atoms with Crippen LogP contribution in [0.3, 0.4) is 0 Å². The molecule has 3 rings (SSSR count). The molecule has 0 unspecified atom stereocenters. The van der Waals surface area contributed by atoms with Crippen LogP contribution >= 0.6 is 0 Å². The summed E-state index contributed by atoms with van der Waals surface area (Å²) in [5.74, 6) is 0. The second-order valence-electron chi connectivity index (χ2n) is 7.89. The molecule has 0 aromatic heterocycles. The molecule has 0 radical (unpaired) electrons. The quantitative estimate of drug-likeness (QED) is 0.640. The first kappa shape index (κ1) is 15.1. The first-order valence-corrected chi connectivity index (χ1v) is 11.7. The summed E-state index contributed by atoms with van der Waals surface area (Å²) < 4.78 is 0. The van der Waals surface area contributed by atoms with E-state index in [1.807, 2.05) is 0 Å². The van der Waals surface area contributed by atoms with Crippen molar-refractivity contribution in [2.75, 3.05) is 0 Å². The fourth-order valence-electron chi connectivity index (χ4n) is 5.70. The molecule has 3 fully saturated rings. The average molecular weight is 295 g/mol. The molecule has 3 aliphatic carbocycles. The van der Waals surface area contributed by atoms with Crippen LogP contribution < -0.4 is 0 Å². The topological polar surface area (TPSA) is 20.2 Å². The summed E-state index contributed by atoms with van der Waals surface area (Å²) in [6.45, 7) is 0. The third kappa shape index (κ3) is 3.01. The Labute approximate surface area is 126 Å². The molecule has 0 aromatic carbocycles. The Morgan fingerprint density at radius 3 is 0.950 bits per heavy atom. The normalized spacial score (nSPS) is 28.6. The first-order chi connectivity index (χ1) is 9.82. The van der Waals surface area contributed by atoms with Crippen LogP contribution in [-0.2, 0) is 0 Å². The Bertz CT molecular complexity index is 240. The van der Waals surface area contributed by atoms with E-state index in [-0.39, 0.29) is 0 Å². The summed E-state index contributed by atoms with van der Waals surface area (Å²) in [6, 6.07) is 0. The highest BCUT2D eigenvalue weighted by atomic mass is 28.4. The fourth-order valence-corrected chi connectivity index (χ4v) is 11.7. The van der Waals surface area contributed by atoms with E-state index in [0.29, 0.717) is 0 Å². The lowest BCUT2D eigenvalue weighted by Crippen LogP contribution is -2.51. The maximum Gasteiger partial charge on any atom is 0.197 e. The van der Waals surface area contributed by atoms with E-state index < -0.39 is 8.32 Å². The number of hydrogen-bond acceptors (Lipinski definition) is 1. The largest absolute Gasteiger partial charge is 0.431 e. The molecule has 0 bridgehead atoms. The van der Waals surface area contributed by atoms with Crippen LogP contribution in [-0.4, -0.2) is 13.1 Å². The zero-order chi connectivity index (χ0) is 13.8. The number of hydrogen-bond donors (Lipinski definition) is 1. The van der Waals surface area contributed by atoms with Gasteiger partial charge in [-0.05, 0) is 16.6 Å². The molecule has 0 spiro atoms. The summed E-state index contributed by atoms with van der Waals surface area (Å²) in [4.78, 5) is 12.0. The smallest absolute Gasteiger partial charge is 0.197 e. The van der Waals surface area contributed by atoms with Gasteiger partial charge >= 0.3 is 0 Å². The van der Waals surface area contributed by atoms with Gasteiger partial charge in [-0.2, -0.15) is 0 Å². The average Bonchev–Trinajstić information content (AvgIpc) is 2.56. The van der Waals surface area contributed by atoms with Crippen LogP contribution in [0.4, 0.5) is 0 Å². The Morgan fingerprint density at radius 1 is 0.450 bits per heavy atom. The van der Waals surface area contributed by atoms with Crippen LogP contribution in [0.15, 0.2) is 0 Å². The van der Waals surface area contributed by atoms with Crippen LogP contribution in [0.5, 0.6) is 0 Å². The predicted octanol–water partition coefficient (Wildman–Crippen LogP) is 5.93. The van der Waals surface area contributed by atoms with Crippen molar-refractivity contribution >= 4 is 8.32 Å². The Balaban J connectivity index is 1.79. The maximum absolute atomic E-state index is 12.0. The van der Waals surface area contributed by atoms with E-state index in [1.54, 1.807) is 0 Å². The molecular weight excluding hydrogens is 260 g/mol. The van der Waals surface area contributed by atoms with Crippen molar-refractivity contribution in [2.45, 2.75) is 113 Å². The molecule has 116 valence electrons. The highest BCUT2D eigenvalue weighted by Gasteiger charge is 2.52. The minimum Gasteiger partial charge on any atom is -0.431 e. The predicted molar refractivity (Wildman–Crippen MR) is 88.5 cm³/mol. The van der Waals surface area contributed by atoms with Gasteiger partial charge in [0.25, 0.3) is 0 Å². The monoisotopic (exact) mass is 294 g/mol. The Kier molecular flexibility index (Phi) is 5.25. The molecular formula is C18H34OSi. The zero-order valence-corrected chi connectivity index (χ0v) is 14.3. The van der Waals surface area contributed by atoms with E-state index in [0.717, 1.165) is 16.6 Å². The van der Waals surface area contributed by atoms with E-state index >= 15 is 0 Å². The second-order valence-corrected chi connectivity index (χ2v) is 12.1. The molecule has 2 heteroatoms. The minimum absolute atomic E-state index is 0.766. The maximum atomic E-state index is 12.0. The van der Waals surface area contributed by atoms with Crippen LogP contribution in [0.2, 0.25) is 16.6 Å². The molecule has 0 heterocycles. The third-order valence-corrected chi connectivity index (χ3v) is 12.4. The van der Waals surface area contributed by atoms with Crippen molar-refractivity contribution in [2.24, 2.45) is 0 Å². The molecule has 20 heavy (non-hydrogen) atoms. The lowest BCUT2D eigenvalue weighted by Gasteiger charge is -2.49. The van der Waals surface area contributed by atoms with Gasteiger partial charge < -0.3 is 4.80 Å². The van der Waals surface area contributed by atoms with Crippen molar-refractivity contribution in [1.29, 1.82) is 0 Å². The molecule has 0 aliphatic heterocycles. The number of rotatable bonds is 3. The summed E-state index contributed by atoms with van der Waals surface area (Å²) in [7, 11) is -2.05. The SMILES string of the molecule is O[Si](C1CCCCC1)(C1CCCCC1)C1CCCCC1. The third-order valence-electron chi connectivity index (χ3n) is 6.78. The fraction of sp³-hybridized carbons (Fsp3) is 1.00. The van der Waals surface area contributed by atoms with Crippen LogP contribution in [0.25, 0.3) is 0 Å². The minimum atomic E-state index is -2.05. The van der Waals surface area contributed by atoms with E-state index in [2.05, 4.69) is 0 Å². The van der Waals surface area contributed by atoms with Gasteiger partial charge in [0.1, 0.15) is 0 Å². The zero-order valence-electron chi connectivity index (χ0n) is 13.3. The summed E-state index contributed by atoms with van der Waals surface area (Å²) in [5.41, 5.74) is 2.30. The molecule has 0 amide bonds. The van der Waals surface area contributed by atoms with Crippen LogP contribution in [0.1, 0.15) is 96.3 Å². The summed E-state index contributed by atoms with van der Waals surface area (Å²) >= 11 is 0. The molecule has 1 N–H and O–H groups in total. The standard InChI is InChI=1S/C18H34OSi/c19-20(16-10-4-1-5-11-16,17-12-6-2-7-13-17)18-14-8-3-9-15-18/h16-19H,1-15H2. The molecule has 0 aromatic rings. The van der Waals surface area contributed by atoms with Gasteiger partial charge in [0.05, 0.1) is 0 Å². The van der Waals surface area contributed by atoms with Crippen molar-refractivity contribution in [3.05, 3.63) is 0 Å².